The van der Waals surface area contributed by atoms with E-state index in [1.165, 1.54) is 25.2 Å². The number of pyridine rings is 1. The van der Waals surface area contributed by atoms with E-state index >= 15 is 0 Å². The quantitative estimate of drug-likeness (QED) is 0.674. The van der Waals surface area contributed by atoms with E-state index in [1.54, 1.807) is 30.3 Å². The molecule has 7 heteroatoms. The SMILES string of the molecule is CNC(=O)c1ccc(Cl)c(NC(=O)c2cc(=O)[nH]c3ccccc23)c1. The minimum absolute atomic E-state index is 0.223. The molecule has 0 aliphatic carbocycles. The van der Waals surface area contributed by atoms with Crippen molar-refractivity contribution in [2.75, 3.05) is 12.4 Å². The van der Waals surface area contributed by atoms with Crippen LogP contribution in [0.2, 0.25) is 5.02 Å². The van der Waals surface area contributed by atoms with Crippen molar-refractivity contribution in [2.24, 2.45) is 0 Å². The number of fused-ring (bicyclic) bond motifs is 1. The second kappa shape index (κ2) is 6.78. The van der Waals surface area contributed by atoms with Crippen molar-refractivity contribution >= 4 is 40.0 Å². The molecule has 0 spiro atoms. The molecule has 3 aromatic rings. The van der Waals surface area contributed by atoms with Gasteiger partial charge >= 0.3 is 0 Å². The van der Waals surface area contributed by atoms with Crippen molar-refractivity contribution in [3.05, 3.63) is 75.0 Å². The van der Waals surface area contributed by atoms with Crippen molar-refractivity contribution < 1.29 is 9.59 Å². The van der Waals surface area contributed by atoms with Crippen LogP contribution in [0.15, 0.2) is 53.3 Å². The molecular weight excluding hydrogens is 342 g/mol. The Morgan fingerprint density at radius 2 is 1.80 bits per heavy atom. The van der Waals surface area contributed by atoms with E-state index in [1.807, 2.05) is 0 Å². The zero-order valence-electron chi connectivity index (χ0n) is 13.2. The minimum atomic E-state index is -0.488. The molecule has 25 heavy (non-hydrogen) atoms. The second-order valence-electron chi connectivity index (χ2n) is 5.32. The largest absolute Gasteiger partial charge is 0.355 e. The highest BCUT2D eigenvalue weighted by atomic mass is 35.5. The van der Waals surface area contributed by atoms with E-state index in [0.717, 1.165) is 0 Å². The lowest BCUT2D eigenvalue weighted by atomic mass is 10.1. The first kappa shape index (κ1) is 16.7. The maximum Gasteiger partial charge on any atom is 0.256 e. The van der Waals surface area contributed by atoms with E-state index in [2.05, 4.69) is 15.6 Å². The van der Waals surface area contributed by atoms with Gasteiger partial charge in [-0.25, -0.2) is 0 Å². The highest BCUT2D eigenvalue weighted by Gasteiger charge is 2.14. The Hall–Kier alpha value is -3.12. The smallest absolute Gasteiger partial charge is 0.256 e. The molecule has 6 nitrogen and oxygen atoms in total. The Morgan fingerprint density at radius 3 is 2.56 bits per heavy atom. The molecule has 1 heterocycles. The number of halogens is 1. The van der Waals surface area contributed by atoms with Crippen LogP contribution < -0.4 is 16.2 Å². The predicted octanol–water partition coefficient (Wildman–Crippen LogP) is 2.79. The number of nitrogens with one attached hydrogen (secondary N) is 3. The van der Waals surface area contributed by atoms with Gasteiger partial charge in [0.25, 0.3) is 11.8 Å². The summed E-state index contributed by atoms with van der Waals surface area (Å²) >= 11 is 6.11. The summed E-state index contributed by atoms with van der Waals surface area (Å²) in [4.78, 5) is 38.9. The third kappa shape index (κ3) is 3.39. The number of aromatic amines is 1. The Morgan fingerprint density at radius 1 is 1.04 bits per heavy atom. The van der Waals surface area contributed by atoms with Gasteiger partial charge in [-0.3, -0.25) is 14.4 Å². The standard InChI is InChI=1S/C18H14ClN3O3/c1-20-17(24)10-6-7-13(19)15(8-10)22-18(25)12-9-16(23)21-14-5-3-2-4-11(12)14/h2-9H,1H3,(H,20,24)(H,21,23)(H,22,25). The van der Waals surface area contributed by atoms with E-state index in [-0.39, 0.29) is 27.7 Å². The Labute approximate surface area is 147 Å². The zero-order chi connectivity index (χ0) is 18.0. The number of rotatable bonds is 3. The number of carbonyl (C=O) groups excluding carboxylic acids is 2. The van der Waals surface area contributed by atoms with Gasteiger partial charge in [-0.05, 0) is 24.3 Å². The molecule has 0 saturated carbocycles. The average Bonchev–Trinajstić information content (AvgIpc) is 2.62. The van der Waals surface area contributed by atoms with Gasteiger partial charge in [-0.1, -0.05) is 29.8 Å². The first-order valence-electron chi connectivity index (χ1n) is 7.44. The van der Waals surface area contributed by atoms with Gasteiger partial charge in [-0.15, -0.1) is 0 Å². The molecule has 0 aliphatic rings. The topological polar surface area (TPSA) is 91.1 Å². The highest BCUT2D eigenvalue weighted by molar-refractivity contribution is 6.34. The van der Waals surface area contributed by atoms with Gasteiger partial charge in [0.15, 0.2) is 0 Å². The van der Waals surface area contributed by atoms with Crippen molar-refractivity contribution in [3.63, 3.8) is 0 Å². The average molecular weight is 356 g/mol. The zero-order valence-corrected chi connectivity index (χ0v) is 14.0. The monoisotopic (exact) mass is 355 g/mol. The van der Waals surface area contributed by atoms with Crippen LogP contribution in [-0.4, -0.2) is 23.8 Å². The van der Waals surface area contributed by atoms with Crippen LogP contribution >= 0.6 is 11.6 Å². The summed E-state index contributed by atoms with van der Waals surface area (Å²) < 4.78 is 0. The maximum atomic E-state index is 12.7. The van der Waals surface area contributed by atoms with Crippen molar-refractivity contribution in [3.8, 4) is 0 Å². The Kier molecular flexibility index (Phi) is 4.54. The summed E-state index contributed by atoms with van der Waals surface area (Å²) in [6.07, 6.45) is 0. The fourth-order valence-electron chi connectivity index (χ4n) is 2.49. The lowest BCUT2D eigenvalue weighted by Crippen LogP contribution is -2.19. The maximum absolute atomic E-state index is 12.7. The number of carbonyl (C=O) groups is 2. The lowest BCUT2D eigenvalue weighted by Gasteiger charge is -2.10. The van der Waals surface area contributed by atoms with E-state index in [0.29, 0.717) is 16.5 Å². The number of hydrogen-bond donors (Lipinski definition) is 3. The molecule has 3 N–H and O–H groups in total. The molecule has 0 unspecified atom stereocenters. The molecule has 0 bridgehead atoms. The normalized spacial score (nSPS) is 10.5. The first-order valence-corrected chi connectivity index (χ1v) is 7.82. The van der Waals surface area contributed by atoms with Crippen LogP contribution in [0.25, 0.3) is 10.9 Å². The summed E-state index contributed by atoms with van der Waals surface area (Å²) in [6.45, 7) is 0. The van der Waals surface area contributed by atoms with Gasteiger partial charge < -0.3 is 15.6 Å². The minimum Gasteiger partial charge on any atom is -0.355 e. The van der Waals surface area contributed by atoms with E-state index in [9.17, 15) is 14.4 Å². The summed E-state index contributed by atoms with van der Waals surface area (Å²) in [6, 6.07) is 12.8. The molecular formula is C18H14ClN3O3. The van der Waals surface area contributed by atoms with Gasteiger partial charge in [0.1, 0.15) is 0 Å². The summed E-state index contributed by atoms with van der Waals surface area (Å²) in [5.74, 6) is -0.785. The number of benzene rings is 2. The number of H-pyrrole nitrogens is 1. The predicted molar refractivity (Wildman–Crippen MR) is 97.4 cm³/mol. The van der Waals surface area contributed by atoms with Crippen LogP contribution in [0.3, 0.4) is 0 Å². The van der Waals surface area contributed by atoms with Crippen molar-refractivity contribution in [1.82, 2.24) is 10.3 Å². The lowest BCUT2D eigenvalue weighted by molar-refractivity contribution is 0.0961. The van der Waals surface area contributed by atoms with Crippen LogP contribution in [-0.2, 0) is 0 Å². The molecule has 2 aromatic carbocycles. The molecule has 0 aliphatic heterocycles. The summed E-state index contributed by atoms with van der Waals surface area (Å²) in [5.41, 5.74) is 1.05. The van der Waals surface area contributed by atoms with Crippen LogP contribution in [0, 0.1) is 0 Å². The first-order chi connectivity index (χ1) is 12.0. The molecule has 126 valence electrons. The summed E-state index contributed by atoms with van der Waals surface area (Å²) in [7, 11) is 1.51. The Bertz CT molecular complexity index is 1040. The number of hydrogen-bond acceptors (Lipinski definition) is 3. The van der Waals surface area contributed by atoms with Gasteiger partial charge in [-0.2, -0.15) is 0 Å². The third-order valence-corrected chi connectivity index (χ3v) is 4.03. The Balaban J connectivity index is 2.01. The highest BCUT2D eigenvalue weighted by Crippen LogP contribution is 2.24. The van der Waals surface area contributed by atoms with Crippen LogP contribution in [0.5, 0.6) is 0 Å². The number of para-hydroxylation sites is 1. The molecule has 3 rings (SSSR count). The van der Waals surface area contributed by atoms with Crippen molar-refractivity contribution in [1.29, 1.82) is 0 Å². The van der Waals surface area contributed by atoms with Crippen LogP contribution in [0.1, 0.15) is 20.7 Å². The molecule has 0 atom stereocenters. The van der Waals surface area contributed by atoms with Crippen molar-refractivity contribution in [2.45, 2.75) is 0 Å². The molecule has 1 aromatic heterocycles. The molecule has 0 radical (unpaired) electrons. The van der Waals surface area contributed by atoms with Crippen LogP contribution in [0.4, 0.5) is 5.69 Å². The number of aromatic nitrogens is 1. The van der Waals surface area contributed by atoms with E-state index < -0.39 is 5.91 Å². The van der Waals surface area contributed by atoms with Gasteiger partial charge in [0.05, 0.1) is 16.3 Å². The van der Waals surface area contributed by atoms with E-state index in [4.69, 9.17) is 11.6 Å². The number of amides is 2. The third-order valence-electron chi connectivity index (χ3n) is 3.70. The van der Waals surface area contributed by atoms with Gasteiger partial charge in [0.2, 0.25) is 5.56 Å². The molecule has 2 amide bonds. The van der Waals surface area contributed by atoms with Gasteiger partial charge in [0, 0.05) is 29.6 Å². The molecule has 0 fully saturated rings. The fraction of sp³-hybridized carbons (Fsp3) is 0.0556. The second-order valence-corrected chi connectivity index (χ2v) is 5.73. The number of anilines is 1. The molecule has 0 saturated heterocycles. The fourth-order valence-corrected chi connectivity index (χ4v) is 2.65. The summed E-state index contributed by atoms with van der Waals surface area (Å²) in [5, 5.41) is 6.06.